The number of Topliss-reactive ketones (excluding diaryl/α,β-unsaturated/α-hetero) is 1. The molecular weight excluding hydrogens is 580 g/mol. The van der Waals surface area contributed by atoms with Crippen molar-refractivity contribution in [1.82, 2.24) is 9.97 Å². The van der Waals surface area contributed by atoms with Gasteiger partial charge in [-0.3, -0.25) is 9.52 Å². The lowest BCUT2D eigenvalue weighted by Crippen LogP contribution is -2.44. The molecule has 0 aliphatic heterocycles. The van der Waals surface area contributed by atoms with E-state index in [1.807, 2.05) is 50.2 Å². The number of carbonyl (C=O) groups excluding carboxylic acids is 1. The Morgan fingerprint density at radius 1 is 1.07 bits per heavy atom. The lowest BCUT2D eigenvalue weighted by Gasteiger charge is -2.45. The number of nitrogens with two attached hydrogens (primary N) is 1. The molecule has 1 atom stereocenters. The van der Waals surface area contributed by atoms with Gasteiger partial charge in [0.1, 0.15) is 12.4 Å². The molecule has 244 valence electrons. The number of aromatic nitrogens is 2. The molecule has 1 fully saturated rings. The standard InChI is InChI=1S/C37H52N4O3S/c1-8-37(43,9-2)28-16-27(17-28)19-30(42)18-26-14-11-15-31(20-26)45-41-35-39-32(34-24(3)12-10-13-25(34)4)21-33(40-35)44-23-29(38)22-36(5,6)7/h10-15,20-21,27-29,43H,8-9,16-19,22-23,38H2,1-7H3,(H,39,40,41)/t27?,28?,29-/m1/s1. The SMILES string of the molecule is CCC(O)(CC)C1CC(CC(=O)Cc2cccc(SNc3nc(OC[C@H](N)CC(C)(C)C)cc(-c4c(C)cccc4C)n3)c2)C1. The topological polar surface area (TPSA) is 110 Å². The molecule has 7 nitrogen and oxygen atoms in total. The molecule has 1 aliphatic carbocycles. The van der Waals surface area contributed by atoms with E-state index in [9.17, 15) is 9.90 Å². The van der Waals surface area contributed by atoms with Crippen molar-refractivity contribution in [3.05, 3.63) is 65.2 Å². The number of anilines is 1. The van der Waals surface area contributed by atoms with Gasteiger partial charge in [0, 0.05) is 35.4 Å². The van der Waals surface area contributed by atoms with Crippen LogP contribution in [0.4, 0.5) is 5.95 Å². The zero-order chi connectivity index (χ0) is 32.8. The van der Waals surface area contributed by atoms with Crippen molar-refractivity contribution in [2.75, 3.05) is 11.3 Å². The van der Waals surface area contributed by atoms with E-state index in [1.165, 1.54) is 11.9 Å². The van der Waals surface area contributed by atoms with E-state index < -0.39 is 5.60 Å². The van der Waals surface area contributed by atoms with Crippen LogP contribution in [0.1, 0.15) is 89.8 Å². The average molecular weight is 633 g/mol. The summed E-state index contributed by atoms with van der Waals surface area (Å²) in [7, 11) is 0. The Morgan fingerprint density at radius 3 is 2.38 bits per heavy atom. The number of rotatable bonds is 15. The van der Waals surface area contributed by atoms with E-state index >= 15 is 0 Å². The number of aliphatic hydroxyl groups is 1. The fourth-order valence-corrected chi connectivity index (χ4v) is 7.20. The zero-order valence-corrected chi connectivity index (χ0v) is 29.0. The molecule has 3 aromatic rings. The second-order valence-corrected chi connectivity index (χ2v) is 15.0. The van der Waals surface area contributed by atoms with Gasteiger partial charge in [0.15, 0.2) is 0 Å². The first kappa shape index (κ1) is 34.9. The van der Waals surface area contributed by atoms with Crippen LogP contribution in [-0.4, -0.2) is 39.1 Å². The van der Waals surface area contributed by atoms with Crippen LogP contribution in [0.5, 0.6) is 5.88 Å². The summed E-state index contributed by atoms with van der Waals surface area (Å²) in [5.74, 6) is 1.87. The van der Waals surface area contributed by atoms with Crippen molar-refractivity contribution >= 4 is 23.7 Å². The van der Waals surface area contributed by atoms with Crippen LogP contribution in [0.15, 0.2) is 53.4 Å². The third-order valence-corrected chi connectivity index (χ3v) is 9.83. The molecule has 4 rings (SSSR count). The number of benzene rings is 2. The highest BCUT2D eigenvalue weighted by atomic mass is 32.2. The average Bonchev–Trinajstić information content (AvgIpc) is 2.95. The third kappa shape index (κ3) is 9.77. The molecule has 1 heterocycles. The first-order valence-corrected chi connectivity index (χ1v) is 17.2. The van der Waals surface area contributed by atoms with Crippen molar-refractivity contribution in [1.29, 1.82) is 0 Å². The van der Waals surface area contributed by atoms with Gasteiger partial charge in [-0.05, 0) is 104 Å². The molecule has 1 aliphatic rings. The molecule has 4 N–H and O–H groups in total. The van der Waals surface area contributed by atoms with Crippen molar-refractivity contribution in [2.24, 2.45) is 23.0 Å². The van der Waals surface area contributed by atoms with Crippen LogP contribution < -0.4 is 15.2 Å². The highest BCUT2D eigenvalue weighted by Gasteiger charge is 2.42. The number of hydrogen-bond acceptors (Lipinski definition) is 8. The summed E-state index contributed by atoms with van der Waals surface area (Å²) in [6.45, 7) is 15.1. The molecule has 0 saturated heterocycles. The summed E-state index contributed by atoms with van der Waals surface area (Å²) in [6, 6.07) is 16.0. The number of ketones is 1. The smallest absolute Gasteiger partial charge is 0.237 e. The van der Waals surface area contributed by atoms with Crippen LogP contribution in [0.25, 0.3) is 11.3 Å². The molecule has 1 saturated carbocycles. The number of ether oxygens (including phenoxy) is 1. The minimum absolute atomic E-state index is 0.108. The fraction of sp³-hybridized carbons (Fsp3) is 0.541. The number of nitrogens with one attached hydrogen (secondary N) is 1. The van der Waals surface area contributed by atoms with Gasteiger partial charge >= 0.3 is 0 Å². The number of carbonyl (C=O) groups is 1. The first-order valence-electron chi connectivity index (χ1n) is 16.4. The Hall–Kier alpha value is -2.94. The maximum Gasteiger partial charge on any atom is 0.237 e. The molecular formula is C37H52N4O3S. The Labute approximate surface area is 274 Å². The minimum Gasteiger partial charge on any atom is -0.476 e. The third-order valence-electron chi connectivity index (χ3n) is 9.06. The van der Waals surface area contributed by atoms with Gasteiger partial charge in [-0.2, -0.15) is 4.98 Å². The highest BCUT2D eigenvalue weighted by Crippen LogP contribution is 2.45. The maximum atomic E-state index is 12.9. The molecule has 2 aromatic carbocycles. The number of aryl methyl sites for hydroxylation is 2. The minimum atomic E-state index is -0.577. The summed E-state index contributed by atoms with van der Waals surface area (Å²) in [4.78, 5) is 23.4. The maximum absolute atomic E-state index is 12.9. The summed E-state index contributed by atoms with van der Waals surface area (Å²) < 4.78 is 9.43. The van der Waals surface area contributed by atoms with Crippen LogP contribution in [0.2, 0.25) is 0 Å². The van der Waals surface area contributed by atoms with Gasteiger partial charge in [0.25, 0.3) is 0 Å². The van der Waals surface area contributed by atoms with Crippen molar-refractivity contribution in [2.45, 2.75) is 110 Å². The Kier molecular flexibility index (Phi) is 11.7. The Balaban J connectivity index is 1.42. The monoisotopic (exact) mass is 632 g/mol. The van der Waals surface area contributed by atoms with E-state index in [0.29, 0.717) is 43.1 Å². The Bertz CT molecular complexity index is 1420. The highest BCUT2D eigenvalue weighted by molar-refractivity contribution is 8.00. The molecule has 45 heavy (non-hydrogen) atoms. The van der Waals surface area contributed by atoms with Crippen LogP contribution in [0.3, 0.4) is 0 Å². The summed E-state index contributed by atoms with van der Waals surface area (Å²) in [5.41, 5.74) is 11.0. The van der Waals surface area contributed by atoms with Gasteiger partial charge in [-0.15, -0.1) is 0 Å². The van der Waals surface area contributed by atoms with E-state index in [2.05, 4.69) is 56.5 Å². The number of hydrogen-bond donors (Lipinski definition) is 3. The van der Waals surface area contributed by atoms with Crippen molar-refractivity contribution in [3.8, 4) is 17.1 Å². The largest absolute Gasteiger partial charge is 0.476 e. The van der Waals surface area contributed by atoms with Crippen LogP contribution >= 0.6 is 11.9 Å². The molecule has 0 bridgehead atoms. The Morgan fingerprint density at radius 2 is 1.73 bits per heavy atom. The van der Waals surface area contributed by atoms with Gasteiger partial charge in [-0.1, -0.05) is 65.0 Å². The lowest BCUT2D eigenvalue weighted by molar-refractivity contribution is -0.123. The summed E-state index contributed by atoms with van der Waals surface area (Å²) in [6.07, 6.45) is 5.26. The zero-order valence-electron chi connectivity index (χ0n) is 28.2. The van der Waals surface area contributed by atoms with Crippen LogP contribution in [0, 0.1) is 31.1 Å². The molecule has 0 radical (unpaired) electrons. The molecule has 0 spiro atoms. The second kappa shape index (κ2) is 15.1. The lowest BCUT2D eigenvalue weighted by atomic mass is 9.63. The summed E-state index contributed by atoms with van der Waals surface area (Å²) >= 11 is 1.41. The molecule has 8 heteroatoms. The predicted octanol–water partition coefficient (Wildman–Crippen LogP) is 8.10. The van der Waals surface area contributed by atoms with E-state index in [1.54, 1.807) is 0 Å². The summed E-state index contributed by atoms with van der Waals surface area (Å²) in [5, 5.41) is 10.8. The quantitative estimate of drug-likeness (QED) is 0.144. The molecule has 0 unspecified atom stereocenters. The van der Waals surface area contributed by atoms with Gasteiger partial charge in [0.2, 0.25) is 11.8 Å². The molecule has 0 amide bonds. The van der Waals surface area contributed by atoms with E-state index in [4.69, 9.17) is 15.5 Å². The van der Waals surface area contributed by atoms with E-state index in [0.717, 1.165) is 64.9 Å². The fourth-order valence-electron chi connectivity index (χ4n) is 6.54. The van der Waals surface area contributed by atoms with E-state index in [-0.39, 0.29) is 17.2 Å². The first-order chi connectivity index (χ1) is 21.3. The van der Waals surface area contributed by atoms with Gasteiger partial charge in [0.05, 0.1) is 11.3 Å². The van der Waals surface area contributed by atoms with Crippen molar-refractivity contribution < 1.29 is 14.6 Å². The predicted molar refractivity (Wildman–Crippen MR) is 185 cm³/mol. The van der Waals surface area contributed by atoms with Crippen LogP contribution in [-0.2, 0) is 11.2 Å². The molecule has 1 aromatic heterocycles. The second-order valence-electron chi connectivity index (χ2n) is 14.1. The van der Waals surface area contributed by atoms with Gasteiger partial charge < -0.3 is 15.6 Å². The number of nitrogens with zero attached hydrogens (tertiary/aromatic N) is 2. The van der Waals surface area contributed by atoms with Gasteiger partial charge in [-0.25, -0.2) is 4.98 Å². The normalized spacial score (nSPS) is 17.4. The van der Waals surface area contributed by atoms with Crippen molar-refractivity contribution in [3.63, 3.8) is 0 Å².